The number of nitrogens with two attached hydrogens (primary N) is 1. The summed E-state index contributed by atoms with van der Waals surface area (Å²) < 4.78 is 0. The van der Waals surface area contributed by atoms with Crippen LogP contribution < -0.4 is 5.73 Å². The summed E-state index contributed by atoms with van der Waals surface area (Å²) in [5.74, 6) is 0.709. The van der Waals surface area contributed by atoms with Crippen molar-refractivity contribution in [1.29, 1.82) is 0 Å². The molecule has 0 heterocycles. The molecule has 0 saturated carbocycles. The van der Waals surface area contributed by atoms with Crippen molar-refractivity contribution in [3.05, 3.63) is 24.3 Å². The minimum Gasteiger partial charge on any atom is -0.399 e. The predicted octanol–water partition coefficient (Wildman–Crippen LogP) is 1.15. The number of thioether (sulfide) groups is 1. The Morgan fingerprint density at radius 3 is 2.91 bits per heavy atom. The molecule has 0 fully saturated rings. The molecular weight excluding hydrogens is 158 g/mol. The van der Waals surface area contributed by atoms with E-state index in [1.165, 1.54) is 0 Å². The number of anilines is 1. The topological polar surface area (TPSA) is 46.2 Å². The SMILES string of the molecule is Nc1c[c]c(SCCO)cc1. The van der Waals surface area contributed by atoms with Gasteiger partial charge in [0.05, 0.1) is 6.61 Å². The van der Waals surface area contributed by atoms with Crippen LogP contribution in [0.2, 0.25) is 0 Å². The van der Waals surface area contributed by atoms with Gasteiger partial charge in [-0.15, -0.1) is 11.8 Å². The summed E-state index contributed by atoms with van der Waals surface area (Å²) >= 11 is 1.57. The third kappa shape index (κ3) is 2.82. The molecule has 1 rings (SSSR count). The summed E-state index contributed by atoms with van der Waals surface area (Å²) in [6.07, 6.45) is 0. The maximum absolute atomic E-state index is 8.52. The maximum Gasteiger partial charge on any atom is 0.0525 e. The number of hydrogen-bond donors (Lipinski definition) is 2. The molecule has 0 amide bonds. The number of aliphatic hydroxyl groups excluding tert-OH is 1. The van der Waals surface area contributed by atoms with Crippen molar-refractivity contribution in [2.24, 2.45) is 0 Å². The maximum atomic E-state index is 8.52. The van der Waals surface area contributed by atoms with Gasteiger partial charge in [0.2, 0.25) is 0 Å². The highest BCUT2D eigenvalue weighted by molar-refractivity contribution is 7.99. The number of benzene rings is 1. The lowest BCUT2D eigenvalue weighted by Crippen LogP contribution is -1.86. The van der Waals surface area contributed by atoms with Crippen LogP contribution in [0.25, 0.3) is 0 Å². The van der Waals surface area contributed by atoms with E-state index in [0.29, 0.717) is 5.75 Å². The van der Waals surface area contributed by atoms with Gasteiger partial charge in [-0.05, 0) is 24.3 Å². The highest BCUT2D eigenvalue weighted by atomic mass is 32.2. The zero-order valence-electron chi connectivity index (χ0n) is 6.08. The zero-order chi connectivity index (χ0) is 8.10. The molecule has 0 aromatic heterocycles. The summed E-state index contributed by atoms with van der Waals surface area (Å²) in [5.41, 5.74) is 6.19. The summed E-state index contributed by atoms with van der Waals surface area (Å²) in [7, 11) is 0. The Kier molecular flexibility index (Phi) is 3.26. The van der Waals surface area contributed by atoms with Gasteiger partial charge in [-0.25, -0.2) is 0 Å². The fraction of sp³-hybridized carbons (Fsp3) is 0.250. The number of aliphatic hydroxyl groups is 1. The standard InChI is InChI=1S/C8H10NOS/c9-7-1-3-8(4-2-7)11-6-5-10/h1-3,10H,5-6,9H2. The summed E-state index contributed by atoms with van der Waals surface area (Å²) in [6, 6.07) is 8.46. The highest BCUT2D eigenvalue weighted by Gasteiger charge is 1.91. The van der Waals surface area contributed by atoms with Gasteiger partial charge in [0, 0.05) is 16.3 Å². The van der Waals surface area contributed by atoms with Gasteiger partial charge in [-0.1, -0.05) is 0 Å². The Morgan fingerprint density at radius 1 is 1.55 bits per heavy atom. The molecular formula is C8H10NOS. The molecule has 0 aliphatic heterocycles. The number of hydrogen-bond acceptors (Lipinski definition) is 3. The van der Waals surface area contributed by atoms with Crippen molar-refractivity contribution < 1.29 is 5.11 Å². The normalized spacial score (nSPS) is 9.91. The quantitative estimate of drug-likeness (QED) is 0.526. The van der Waals surface area contributed by atoms with Crippen LogP contribution in [-0.2, 0) is 0 Å². The van der Waals surface area contributed by atoms with Crippen molar-refractivity contribution in [2.45, 2.75) is 4.90 Å². The molecule has 0 aliphatic carbocycles. The van der Waals surface area contributed by atoms with Crippen LogP contribution in [-0.4, -0.2) is 17.5 Å². The van der Waals surface area contributed by atoms with E-state index in [1.807, 2.05) is 12.1 Å². The van der Waals surface area contributed by atoms with E-state index < -0.39 is 0 Å². The van der Waals surface area contributed by atoms with E-state index in [-0.39, 0.29) is 6.61 Å². The Bertz CT molecular complexity index is 210. The lowest BCUT2D eigenvalue weighted by Gasteiger charge is -1.97. The molecule has 0 atom stereocenters. The monoisotopic (exact) mass is 168 g/mol. The Hall–Kier alpha value is -0.670. The Morgan fingerprint density at radius 2 is 2.36 bits per heavy atom. The van der Waals surface area contributed by atoms with E-state index in [9.17, 15) is 0 Å². The summed E-state index contributed by atoms with van der Waals surface area (Å²) in [4.78, 5) is 1.02. The molecule has 0 saturated heterocycles. The van der Waals surface area contributed by atoms with Gasteiger partial charge < -0.3 is 10.8 Å². The smallest absolute Gasteiger partial charge is 0.0525 e. The van der Waals surface area contributed by atoms with Gasteiger partial charge in [0.15, 0.2) is 0 Å². The van der Waals surface area contributed by atoms with Crippen LogP contribution >= 0.6 is 11.8 Å². The molecule has 0 bridgehead atoms. The largest absolute Gasteiger partial charge is 0.399 e. The lowest BCUT2D eigenvalue weighted by atomic mass is 10.3. The first-order chi connectivity index (χ1) is 5.33. The number of rotatable bonds is 3. The fourth-order valence-corrected chi connectivity index (χ4v) is 1.29. The second-order valence-corrected chi connectivity index (χ2v) is 3.20. The second kappa shape index (κ2) is 4.26. The molecule has 1 aromatic carbocycles. The van der Waals surface area contributed by atoms with Crippen LogP contribution in [0.15, 0.2) is 23.1 Å². The third-order valence-electron chi connectivity index (χ3n) is 1.16. The third-order valence-corrected chi connectivity index (χ3v) is 2.11. The molecule has 3 heteroatoms. The van der Waals surface area contributed by atoms with Gasteiger partial charge >= 0.3 is 0 Å². The Labute approximate surface area is 70.4 Å². The van der Waals surface area contributed by atoms with E-state index in [0.717, 1.165) is 10.6 Å². The van der Waals surface area contributed by atoms with E-state index >= 15 is 0 Å². The molecule has 59 valence electrons. The molecule has 1 aromatic rings. The molecule has 0 unspecified atom stereocenters. The van der Waals surface area contributed by atoms with Crippen LogP contribution in [0.1, 0.15) is 0 Å². The van der Waals surface area contributed by atoms with Gasteiger partial charge in [0.25, 0.3) is 0 Å². The van der Waals surface area contributed by atoms with Crippen LogP contribution in [0.4, 0.5) is 5.69 Å². The van der Waals surface area contributed by atoms with Gasteiger partial charge in [-0.3, -0.25) is 0 Å². The van der Waals surface area contributed by atoms with Crippen LogP contribution in [0, 0.1) is 6.07 Å². The summed E-state index contributed by atoms with van der Waals surface area (Å²) in [6.45, 7) is 0.197. The van der Waals surface area contributed by atoms with Crippen molar-refractivity contribution >= 4 is 17.4 Å². The van der Waals surface area contributed by atoms with Crippen molar-refractivity contribution in [3.8, 4) is 0 Å². The van der Waals surface area contributed by atoms with E-state index in [2.05, 4.69) is 6.07 Å². The first kappa shape index (κ1) is 8.43. The van der Waals surface area contributed by atoms with Gasteiger partial charge in [-0.2, -0.15) is 0 Å². The second-order valence-electron chi connectivity index (χ2n) is 2.06. The molecule has 11 heavy (non-hydrogen) atoms. The zero-order valence-corrected chi connectivity index (χ0v) is 6.90. The minimum absolute atomic E-state index is 0.197. The molecule has 2 nitrogen and oxygen atoms in total. The Balaban J connectivity index is 2.52. The molecule has 0 aliphatic rings. The first-order valence-electron chi connectivity index (χ1n) is 3.34. The average Bonchev–Trinajstić information content (AvgIpc) is 2.04. The molecule has 0 spiro atoms. The van der Waals surface area contributed by atoms with Crippen molar-refractivity contribution in [3.63, 3.8) is 0 Å². The lowest BCUT2D eigenvalue weighted by molar-refractivity contribution is 0.322. The van der Waals surface area contributed by atoms with Crippen molar-refractivity contribution in [2.75, 3.05) is 18.1 Å². The van der Waals surface area contributed by atoms with Gasteiger partial charge in [0.1, 0.15) is 0 Å². The molecule has 3 N–H and O–H groups in total. The average molecular weight is 168 g/mol. The fourth-order valence-electron chi connectivity index (χ4n) is 0.668. The summed E-state index contributed by atoms with van der Waals surface area (Å²) in [5, 5.41) is 8.52. The first-order valence-corrected chi connectivity index (χ1v) is 4.32. The van der Waals surface area contributed by atoms with Crippen LogP contribution in [0.3, 0.4) is 0 Å². The van der Waals surface area contributed by atoms with Crippen LogP contribution in [0.5, 0.6) is 0 Å². The minimum atomic E-state index is 0.197. The predicted molar refractivity (Wildman–Crippen MR) is 47.5 cm³/mol. The van der Waals surface area contributed by atoms with E-state index in [1.54, 1.807) is 17.8 Å². The highest BCUT2D eigenvalue weighted by Crippen LogP contribution is 2.17. The molecule has 1 radical (unpaired) electrons. The van der Waals surface area contributed by atoms with E-state index in [4.69, 9.17) is 10.8 Å². The van der Waals surface area contributed by atoms with Crippen molar-refractivity contribution in [1.82, 2.24) is 0 Å². The number of nitrogen functional groups attached to an aromatic ring is 1.